The molecule has 1 aromatic rings. The fourth-order valence-corrected chi connectivity index (χ4v) is 10.2. The van der Waals surface area contributed by atoms with E-state index >= 15 is 0 Å². The fraction of sp³-hybridized carbons (Fsp3) is 0.786. The van der Waals surface area contributed by atoms with Gasteiger partial charge in [-0.05, 0) is 25.0 Å². The lowest BCUT2D eigenvalue weighted by molar-refractivity contribution is 0.292. The van der Waals surface area contributed by atoms with Crippen molar-refractivity contribution >= 4 is 47.0 Å². The molecule has 34 heavy (non-hydrogen) atoms. The van der Waals surface area contributed by atoms with Crippen molar-refractivity contribution in [3.05, 3.63) is 23.3 Å². The van der Waals surface area contributed by atoms with Crippen molar-refractivity contribution in [3.8, 4) is 11.5 Å². The minimum absolute atomic E-state index is 0.480. The Hall–Kier alpha value is 0.220. The highest BCUT2D eigenvalue weighted by Gasteiger charge is 2.28. The minimum Gasteiger partial charge on any atom is -0.493 e. The Morgan fingerprint density at radius 3 is 1.29 bits per heavy atom. The average Bonchev–Trinajstić information content (AvgIpc) is 3.58. The van der Waals surface area contributed by atoms with Crippen LogP contribution in [0.4, 0.5) is 0 Å². The lowest BCUT2D eigenvalue weighted by Gasteiger charge is -2.22. The summed E-state index contributed by atoms with van der Waals surface area (Å²) in [5.41, 5.74) is 2.71. The summed E-state index contributed by atoms with van der Waals surface area (Å²) in [5.74, 6) is 7.17. The SMILES string of the molecule is CCCCCCCCOc1cc(C2SCCS2)c(OCCCCCCCC)cc1C1SCCS1. The first-order valence-corrected chi connectivity index (χ1v) is 17.9. The van der Waals surface area contributed by atoms with Crippen LogP contribution < -0.4 is 9.47 Å². The smallest absolute Gasteiger partial charge is 0.125 e. The standard InChI is InChI=1S/C28H46O2S4/c1-3-5-7-9-11-13-15-29-25-21-24(28-33-19-20-34-28)26(22-23(25)27-31-17-18-32-27)30-16-14-12-10-8-6-4-2/h21-22,27-28H,3-20H2,1-2H3. The van der Waals surface area contributed by atoms with E-state index in [-0.39, 0.29) is 0 Å². The predicted molar refractivity (Wildman–Crippen MR) is 159 cm³/mol. The maximum Gasteiger partial charge on any atom is 0.125 e. The normalized spacial score (nSPS) is 17.0. The molecule has 1 aromatic carbocycles. The molecule has 0 bridgehead atoms. The third-order valence-corrected chi connectivity index (χ3v) is 12.5. The maximum absolute atomic E-state index is 6.49. The second-order valence-electron chi connectivity index (χ2n) is 9.31. The third-order valence-electron chi connectivity index (χ3n) is 6.40. The van der Waals surface area contributed by atoms with Crippen LogP contribution in [0.25, 0.3) is 0 Å². The summed E-state index contributed by atoms with van der Waals surface area (Å²) >= 11 is 8.26. The Kier molecular flexibility index (Phi) is 14.9. The molecule has 0 unspecified atom stereocenters. The predicted octanol–water partition coefficient (Wildman–Crippen LogP) is 10.1. The van der Waals surface area contributed by atoms with Gasteiger partial charge in [-0.1, -0.05) is 78.1 Å². The van der Waals surface area contributed by atoms with Gasteiger partial charge in [-0.2, -0.15) is 0 Å². The summed E-state index contributed by atoms with van der Waals surface area (Å²) in [6.45, 7) is 6.24. The van der Waals surface area contributed by atoms with Crippen LogP contribution in [0.5, 0.6) is 11.5 Å². The molecular weight excluding hydrogens is 497 g/mol. The van der Waals surface area contributed by atoms with Crippen molar-refractivity contribution < 1.29 is 9.47 Å². The maximum atomic E-state index is 6.49. The molecule has 2 saturated heterocycles. The summed E-state index contributed by atoms with van der Waals surface area (Å²) in [6.07, 6.45) is 15.6. The van der Waals surface area contributed by atoms with Crippen LogP contribution in [-0.2, 0) is 0 Å². The van der Waals surface area contributed by atoms with Gasteiger partial charge in [-0.25, -0.2) is 0 Å². The fourth-order valence-electron chi connectivity index (χ4n) is 4.41. The van der Waals surface area contributed by atoms with E-state index in [1.165, 1.54) is 98.3 Å². The van der Waals surface area contributed by atoms with Crippen molar-refractivity contribution in [3.63, 3.8) is 0 Å². The van der Waals surface area contributed by atoms with Crippen molar-refractivity contribution in [1.29, 1.82) is 0 Å². The van der Waals surface area contributed by atoms with Gasteiger partial charge >= 0.3 is 0 Å². The zero-order valence-electron chi connectivity index (χ0n) is 21.5. The lowest BCUT2D eigenvalue weighted by atomic mass is 10.1. The second kappa shape index (κ2) is 17.6. The molecule has 0 saturated carbocycles. The third kappa shape index (κ3) is 9.94. The second-order valence-corrected chi connectivity index (χ2v) is 14.8. The Morgan fingerprint density at radius 2 is 0.912 bits per heavy atom. The van der Waals surface area contributed by atoms with Gasteiger partial charge in [0.15, 0.2) is 0 Å². The molecule has 6 heteroatoms. The van der Waals surface area contributed by atoms with Crippen molar-refractivity contribution in [2.45, 2.75) is 100 Å². The summed E-state index contributed by atoms with van der Waals surface area (Å²) in [4.78, 5) is 0. The van der Waals surface area contributed by atoms with Crippen LogP contribution in [-0.4, -0.2) is 36.2 Å². The summed E-state index contributed by atoms with van der Waals surface area (Å²) < 4.78 is 13.9. The molecule has 2 nitrogen and oxygen atoms in total. The zero-order chi connectivity index (χ0) is 23.8. The number of benzene rings is 1. The van der Waals surface area contributed by atoms with E-state index in [4.69, 9.17) is 9.47 Å². The van der Waals surface area contributed by atoms with E-state index in [1.54, 1.807) is 0 Å². The topological polar surface area (TPSA) is 18.5 Å². The van der Waals surface area contributed by atoms with E-state index in [0.29, 0.717) is 9.16 Å². The highest BCUT2D eigenvalue weighted by molar-refractivity contribution is 8.19. The molecule has 2 aliphatic heterocycles. The molecule has 0 aliphatic carbocycles. The van der Waals surface area contributed by atoms with Gasteiger partial charge in [0.25, 0.3) is 0 Å². The average molecular weight is 543 g/mol. The van der Waals surface area contributed by atoms with Crippen LogP contribution in [0, 0.1) is 0 Å². The van der Waals surface area contributed by atoms with E-state index in [1.807, 2.05) is 0 Å². The van der Waals surface area contributed by atoms with Crippen LogP contribution in [0.2, 0.25) is 0 Å². The molecular formula is C28H46O2S4. The highest BCUT2D eigenvalue weighted by Crippen LogP contribution is 2.54. The lowest BCUT2D eigenvalue weighted by Crippen LogP contribution is -2.06. The summed E-state index contributed by atoms with van der Waals surface area (Å²) in [6, 6.07) is 4.72. The van der Waals surface area contributed by atoms with E-state index in [2.05, 4.69) is 73.0 Å². The van der Waals surface area contributed by atoms with Gasteiger partial charge in [0.2, 0.25) is 0 Å². The van der Waals surface area contributed by atoms with Gasteiger partial charge in [0.1, 0.15) is 11.5 Å². The first kappa shape index (κ1) is 28.8. The van der Waals surface area contributed by atoms with E-state index in [0.717, 1.165) is 37.6 Å². The van der Waals surface area contributed by atoms with Gasteiger partial charge in [0, 0.05) is 34.1 Å². The summed E-state index contributed by atoms with van der Waals surface area (Å²) in [7, 11) is 0. The molecule has 0 amide bonds. The number of unbranched alkanes of at least 4 members (excludes halogenated alkanes) is 10. The Balaban J connectivity index is 1.65. The molecule has 2 aliphatic rings. The van der Waals surface area contributed by atoms with Crippen LogP contribution >= 0.6 is 47.0 Å². The van der Waals surface area contributed by atoms with Crippen molar-refractivity contribution in [2.75, 3.05) is 36.2 Å². The Morgan fingerprint density at radius 1 is 0.559 bits per heavy atom. The first-order chi connectivity index (χ1) is 16.8. The highest BCUT2D eigenvalue weighted by atomic mass is 32.2. The largest absolute Gasteiger partial charge is 0.493 e. The molecule has 3 rings (SSSR count). The number of rotatable bonds is 18. The number of thioether (sulfide) groups is 4. The van der Waals surface area contributed by atoms with Crippen LogP contribution in [0.3, 0.4) is 0 Å². The first-order valence-electron chi connectivity index (χ1n) is 13.7. The molecule has 194 valence electrons. The van der Waals surface area contributed by atoms with E-state index < -0.39 is 0 Å². The quantitative estimate of drug-likeness (QED) is 0.171. The Labute approximate surface area is 226 Å². The molecule has 0 aromatic heterocycles. The van der Waals surface area contributed by atoms with Gasteiger partial charge in [0.05, 0.1) is 22.4 Å². The number of hydrogen-bond donors (Lipinski definition) is 0. The molecule has 0 spiro atoms. The molecule has 0 atom stereocenters. The van der Waals surface area contributed by atoms with Gasteiger partial charge in [-0.3, -0.25) is 0 Å². The minimum atomic E-state index is 0.480. The molecule has 2 heterocycles. The van der Waals surface area contributed by atoms with Gasteiger partial charge in [-0.15, -0.1) is 47.0 Å². The van der Waals surface area contributed by atoms with E-state index in [9.17, 15) is 0 Å². The van der Waals surface area contributed by atoms with Crippen LogP contribution in [0.1, 0.15) is 111 Å². The van der Waals surface area contributed by atoms with Crippen molar-refractivity contribution in [2.24, 2.45) is 0 Å². The summed E-state index contributed by atoms with van der Waals surface area (Å²) in [5, 5.41) is 0. The number of hydrogen-bond acceptors (Lipinski definition) is 6. The molecule has 0 radical (unpaired) electrons. The molecule has 2 fully saturated rings. The van der Waals surface area contributed by atoms with Crippen LogP contribution in [0.15, 0.2) is 12.1 Å². The monoisotopic (exact) mass is 542 g/mol. The van der Waals surface area contributed by atoms with Crippen molar-refractivity contribution in [1.82, 2.24) is 0 Å². The number of ether oxygens (including phenoxy) is 2. The zero-order valence-corrected chi connectivity index (χ0v) is 24.8. The Bertz CT molecular complexity index is 615. The molecule has 0 N–H and O–H groups in total. The van der Waals surface area contributed by atoms with Gasteiger partial charge < -0.3 is 9.47 Å².